The average Bonchev–Trinajstić information content (AvgIpc) is 3.94. The minimum atomic E-state index is -0.571. The molecule has 288 valence electrons. The van der Waals surface area contributed by atoms with Crippen molar-refractivity contribution in [1.82, 2.24) is 4.57 Å². The maximum Gasteiger partial charge on any atom is 0.137 e. The molecule has 61 heavy (non-hydrogen) atoms. The van der Waals surface area contributed by atoms with Crippen LogP contribution in [0.5, 0.6) is 0 Å². The fraction of sp³-hybridized carbons (Fsp3) is 0.0690. The van der Waals surface area contributed by atoms with Crippen LogP contribution in [0.4, 0.5) is 17.1 Å². The molecule has 3 unspecified atom stereocenters. The number of para-hydroxylation sites is 2. The van der Waals surface area contributed by atoms with Crippen molar-refractivity contribution in [3.63, 3.8) is 0 Å². The van der Waals surface area contributed by atoms with Crippen LogP contribution in [0.15, 0.2) is 223 Å². The molecule has 0 spiro atoms. The number of fused-ring (bicyclic) bond motifs is 11. The van der Waals surface area contributed by atoms with Crippen LogP contribution in [0.1, 0.15) is 23.6 Å². The van der Waals surface area contributed by atoms with Gasteiger partial charge < -0.3 is 13.9 Å². The SMILES string of the molecule is CC12C=CC=CC1C(c1ccc3ccccc3c1)(n1c3ccccc3c3cc(N(c4ccc5ccccc5c4)c4cccc5oc6ccccc6c45)ccc31)c1ccccc12. The third kappa shape index (κ3) is 4.69. The van der Waals surface area contributed by atoms with Gasteiger partial charge in [0.25, 0.3) is 0 Å². The van der Waals surface area contributed by atoms with Crippen molar-refractivity contribution in [2.75, 3.05) is 4.90 Å². The van der Waals surface area contributed by atoms with Gasteiger partial charge in [0.05, 0.1) is 22.1 Å². The Morgan fingerprint density at radius 2 is 1.13 bits per heavy atom. The zero-order valence-corrected chi connectivity index (χ0v) is 33.7. The maximum atomic E-state index is 6.49. The third-order valence-corrected chi connectivity index (χ3v) is 13.9. The number of rotatable bonds is 5. The van der Waals surface area contributed by atoms with E-state index in [1.165, 1.54) is 60.0 Å². The Kier molecular flexibility index (Phi) is 7.13. The molecule has 9 aromatic carbocycles. The normalized spacial score (nSPS) is 19.4. The quantitative estimate of drug-likeness (QED) is 0.173. The lowest BCUT2D eigenvalue weighted by Crippen LogP contribution is -2.44. The highest BCUT2D eigenvalue weighted by atomic mass is 16.3. The number of benzene rings is 9. The Bertz CT molecular complexity index is 3660. The summed E-state index contributed by atoms with van der Waals surface area (Å²) in [5.41, 5.74) is 10.6. The van der Waals surface area contributed by atoms with Gasteiger partial charge in [-0.25, -0.2) is 0 Å². The van der Waals surface area contributed by atoms with Gasteiger partial charge in [-0.05, 0) is 98.9 Å². The van der Waals surface area contributed by atoms with Crippen LogP contribution in [-0.2, 0) is 11.0 Å². The second-order valence-electron chi connectivity index (χ2n) is 17.0. The van der Waals surface area contributed by atoms with Crippen LogP contribution in [0.3, 0.4) is 0 Å². The molecule has 2 aromatic heterocycles. The van der Waals surface area contributed by atoms with Crippen LogP contribution in [-0.4, -0.2) is 4.57 Å². The predicted molar refractivity (Wildman–Crippen MR) is 255 cm³/mol. The minimum absolute atomic E-state index is 0.100. The van der Waals surface area contributed by atoms with E-state index in [-0.39, 0.29) is 11.3 Å². The lowest BCUT2D eigenvalue weighted by molar-refractivity contribution is 0.295. The summed E-state index contributed by atoms with van der Waals surface area (Å²) >= 11 is 0. The molecular formula is C58H40N2O. The van der Waals surface area contributed by atoms with E-state index in [0.29, 0.717) is 0 Å². The molecule has 0 saturated heterocycles. The highest BCUT2D eigenvalue weighted by molar-refractivity contribution is 6.15. The fourth-order valence-corrected chi connectivity index (χ4v) is 11.3. The molecule has 0 aliphatic heterocycles. The van der Waals surface area contributed by atoms with Crippen molar-refractivity contribution in [2.45, 2.75) is 17.9 Å². The predicted octanol–water partition coefficient (Wildman–Crippen LogP) is 15.3. The van der Waals surface area contributed by atoms with Crippen molar-refractivity contribution in [3.8, 4) is 0 Å². The number of hydrogen-bond donors (Lipinski definition) is 0. The standard InChI is InChI=1S/C58H40N2O/c1-57-34-13-12-27-55(57)58(49-22-9-8-21-48(49)57,42-30-28-38-15-2-4-17-40(38)35-42)60-50-23-10-6-19-45(50)47-37-44(32-33-51(47)60)59(43-31-29-39-16-3-5-18-41(39)36-43)52-24-14-26-54-56(52)46-20-7-11-25-53(46)61-54/h2-37,55H,1H3. The number of hydrogen-bond acceptors (Lipinski definition) is 2. The largest absolute Gasteiger partial charge is 0.456 e. The van der Waals surface area contributed by atoms with Gasteiger partial charge in [-0.2, -0.15) is 0 Å². The Balaban J connectivity index is 1.13. The Hall–Kier alpha value is -7.62. The van der Waals surface area contributed by atoms with Gasteiger partial charge in [0, 0.05) is 38.9 Å². The molecule has 3 nitrogen and oxygen atoms in total. The first-order chi connectivity index (χ1) is 30.1. The number of nitrogens with zero attached hydrogens (tertiary/aromatic N) is 2. The lowest BCUT2D eigenvalue weighted by atomic mass is 9.67. The molecular weight excluding hydrogens is 741 g/mol. The Morgan fingerprint density at radius 3 is 1.98 bits per heavy atom. The first kappa shape index (κ1) is 34.3. The summed E-state index contributed by atoms with van der Waals surface area (Å²) in [6.45, 7) is 2.44. The topological polar surface area (TPSA) is 21.3 Å². The molecule has 0 saturated carbocycles. The van der Waals surface area contributed by atoms with E-state index in [9.17, 15) is 0 Å². The Labute approximate surface area is 353 Å². The van der Waals surface area contributed by atoms with Gasteiger partial charge in [-0.15, -0.1) is 0 Å². The van der Waals surface area contributed by atoms with Crippen LogP contribution in [0.25, 0.3) is 65.3 Å². The second kappa shape index (κ2) is 12.7. The summed E-state index contributed by atoms with van der Waals surface area (Å²) in [4.78, 5) is 2.43. The number of aromatic nitrogens is 1. The summed E-state index contributed by atoms with van der Waals surface area (Å²) < 4.78 is 9.20. The van der Waals surface area contributed by atoms with Gasteiger partial charge in [0.1, 0.15) is 16.7 Å². The van der Waals surface area contributed by atoms with Crippen molar-refractivity contribution in [3.05, 3.63) is 235 Å². The second-order valence-corrected chi connectivity index (χ2v) is 17.0. The molecule has 2 heterocycles. The smallest absolute Gasteiger partial charge is 0.137 e. The van der Waals surface area contributed by atoms with E-state index in [1.807, 2.05) is 6.07 Å². The highest BCUT2D eigenvalue weighted by Gasteiger charge is 2.59. The molecule has 11 aromatic rings. The lowest BCUT2D eigenvalue weighted by Gasteiger charge is -2.43. The van der Waals surface area contributed by atoms with E-state index in [2.05, 4.69) is 229 Å². The van der Waals surface area contributed by atoms with Crippen molar-refractivity contribution >= 4 is 82.4 Å². The number of furan rings is 1. The van der Waals surface area contributed by atoms with Crippen molar-refractivity contribution in [2.24, 2.45) is 5.92 Å². The molecule has 0 radical (unpaired) electrons. The van der Waals surface area contributed by atoms with Gasteiger partial charge in [0.2, 0.25) is 0 Å². The molecule has 3 atom stereocenters. The van der Waals surface area contributed by atoms with Crippen LogP contribution in [0, 0.1) is 5.92 Å². The van der Waals surface area contributed by atoms with Gasteiger partial charge >= 0.3 is 0 Å². The van der Waals surface area contributed by atoms with Crippen LogP contribution in [0.2, 0.25) is 0 Å². The van der Waals surface area contributed by atoms with E-state index < -0.39 is 5.54 Å². The van der Waals surface area contributed by atoms with E-state index >= 15 is 0 Å². The van der Waals surface area contributed by atoms with E-state index in [1.54, 1.807) is 0 Å². The molecule has 13 rings (SSSR count). The van der Waals surface area contributed by atoms with Crippen LogP contribution < -0.4 is 4.90 Å². The molecule has 0 bridgehead atoms. The first-order valence-corrected chi connectivity index (χ1v) is 21.3. The monoisotopic (exact) mass is 780 g/mol. The maximum absolute atomic E-state index is 6.49. The number of anilines is 3. The molecule has 0 fully saturated rings. The number of allylic oxidation sites excluding steroid dienone is 4. The summed E-state index contributed by atoms with van der Waals surface area (Å²) in [7, 11) is 0. The van der Waals surface area contributed by atoms with Crippen molar-refractivity contribution < 1.29 is 4.42 Å². The average molecular weight is 781 g/mol. The van der Waals surface area contributed by atoms with E-state index in [4.69, 9.17) is 4.42 Å². The van der Waals surface area contributed by atoms with E-state index in [0.717, 1.165) is 39.0 Å². The zero-order valence-electron chi connectivity index (χ0n) is 33.7. The fourth-order valence-electron chi connectivity index (χ4n) is 11.3. The van der Waals surface area contributed by atoms with Gasteiger partial charge in [-0.1, -0.05) is 165 Å². The van der Waals surface area contributed by atoms with Gasteiger partial charge in [-0.3, -0.25) is 0 Å². The highest BCUT2D eigenvalue weighted by Crippen LogP contribution is 2.62. The summed E-state index contributed by atoms with van der Waals surface area (Å²) in [5.74, 6) is 0.100. The van der Waals surface area contributed by atoms with Crippen molar-refractivity contribution in [1.29, 1.82) is 0 Å². The third-order valence-electron chi connectivity index (χ3n) is 13.9. The summed E-state index contributed by atoms with van der Waals surface area (Å²) in [6.07, 6.45) is 9.42. The Morgan fingerprint density at radius 1 is 0.492 bits per heavy atom. The summed E-state index contributed by atoms with van der Waals surface area (Å²) in [6, 6.07) is 71.6. The van der Waals surface area contributed by atoms with Crippen LogP contribution >= 0.6 is 0 Å². The van der Waals surface area contributed by atoms with Gasteiger partial charge in [0.15, 0.2) is 0 Å². The molecule has 2 aliphatic rings. The molecule has 0 N–H and O–H groups in total. The summed E-state index contributed by atoms with van der Waals surface area (Å²) in [5, 5.41) is 9.55. The first-order valence-electron chi connectivity index (χ1n) is 21.3. The zero-order chi connectivity index (χ0) is 40.3. The molecule has 3 heteroatoms. The minimum Gasteiger partial charge on any atom is -0.456 e. The molecule has 2 aliphatic carbocycles. The molecule has 0 amide bonds.